The number of aliphatic hydroxyl groups is 1. The molecule has 5 heterocycles. The maximum atomic E-state index is 14.5. The molecule has 1 spiro atoms. The third kappa shape index (κ3) is 17.3. The van der Waals surface area contributed by atoms with E-state index in [4.69, 9.17) is 37.9 Å². The van der Waals surface area contributed by atoms with Crippen molar-refractivity contribution in [1.29, 1.82) is 0 Å². The molecule has 26 heteroatoms. The van der Waals surface area contributed by atoms with Crippen molar-refractivity contribution in [2.24, 2.45) is 11.3 Å². The number of benzene rings is 6. The molecule has 6 aromatic rings. The monoisotopic (exact) mass is 1440 g/mol. The molecule has 1 unspecified atom stereocenters. The van der Waals surface area contributed by atoms with Crippen molar-refractivity contribution in [1.82, 2.24) is 25.8 Å². The first-order chi connectivity index (χ1) is 50.8. The number of hydrogen-bond donors (Lipinski definition) is 6. The molecule has 2 fully saturated rings. The minimum absolute atomic E-state index is 0.00142. The van der Waals surface area contributed by atoms with Gasteiger partial charge < -0.3 is 84.3 Å². The molecule has 12 rings (SSSR count). The largest absolute Gasteiger partial charge is 0.497 e. The smallest absolute Gasteiger partial charge is 0.416 e. The number of ether oxygens (including phenoxy) is 8. The number of anilines is 4. The van der Waals surface area contributed by atoms with E-state index >= 15 is 0 Å². The normalized spacial score (nSPS) is 18.1. The lowest BCUT2D eigenvalue weighted by atomic mass is 10.0. The van der Waals surface area contributed by atoms with Gasteiger partial charge in [0.2, 0.25) is 29.5 Å². The summed E-state index contributed by atoms with van der Waals surface area (Å²) < 4.78 is 46.3. The summed E-state index contributed by atoms with van der Waals surface area (Å²) in [5.74, 6) is -1.07. The Kier molecular flexibility index (Phi) is 23.3. The maximum Gasteiger partial charge on any atom is 0.416 e. The zero-order chi connectivity index (χ0) is 73.9. The van der Waals surface area contributed by atoms with Gasteiger partial charge in [-0.15, -0.1) is 0 Å². The van der Waals surface area contributed by atoms with E-state index < -0.39 is 48.2 Å². The molecular formula is C79H89N9O17. The molecule has 6 N–H and O–H groups in total. The van der Waals surface area contributed by atoms with Crippen LogP contribution in [0.25, 0.3) is 17.7 Å². The van der Waals surface area contributed by atoms with Gasteiger partial charge in [-0.05, 0) is 120 Å². The highest BCUT2D eigenvalue weighted by atomic mass is 16.6. The molecule has 5 aliphatic heterocycles. The summed E-state index contributed by atoms with van der Waals surface area (Å²) in [6.45, 7) is 6.52. The van der Waals surface area contributed by atoms with Crippen LogP contribution < -0.4 is 60.1 Å². The van der Waals surface area contributed by atoms with Gasteiger partial charge >= 0.3 is 6.09 Å². The molecule has 6 aliphatic rings. The SMILES string of the molecule is COc1ccc(C2=CN3C(=O)c4cc(OC)c(OCCCOc5cc6c(cc5OC)C(=O)N5CC7(CC7)C[C@H]5C(O)N6C(=O)OCc5ccc(NC(=O)[C@H](C)NC(=O)[C@@H](NC(=O)COCCOCCNC(=O)CCC(=O)N6Cc7ccccc7/C=C\c7ccccc76)C(C)C)cc5)cc4NC[C@@H]3C2)cc1. The summed E-state index contributed by atoms with van der Waals surface area (Å²) in [5.41, 5.74) is 7.80. The average Bonchev–Trinajstić information content (AvgIpc) is 1.57. The van der Waals surface area contributed by atoms with Gasteiger partial charge in [-0.25, -0.2) is 9.69 Å². The Labute approximate surface area is 609 Å². The molecule has 8 amide bonds. The number of para-hydroxylation sites is 1. The van der Waals surface area contributed by atoms with E-state index in [0.717, 1.165) is 57.0 Å². The van der Waals surface area contributed by atoms with Crippen molar-refractivity contribution in [3.8, 4) is 28.7 Å². The van der Waals surface area contributed by atoms with Crippen molar-refractivity contribution in [3.05, 3.63) is 166 Å². The van der Waals surface area contributed by atoms with Crippen LogP contribution in [0.4, 0.5) is 27.5 Å². The van der Waals surface area contributed by atoms with Gasteiger partial charge in [-0.1, -0.05) is 92.7 Å². The maximum absolute atomic E-state index is 14.5. The highest BCUT2D eigenvalue weighted by Gasteiger charge is 2.58. The summed E-state index contributed by atoms with van der Waals surface area (Å²) in [6, 6.07) is 33.4. The summed E-state index contributed by atoms with van der Waals surface area (Å²) in [4.78, 5) is 115. The second-order valence-corrected chi connectivity index (χ2v) is 27.3. The molecule has 0 aromatic heterocycles. The van der Waals surface area contributed by atoms with Crippen molar-refractivity contribution >= 4 is 87.9 Å². The quantitative estimate of drug-likeness (QED) is 0.0239. The highest BCUT2D eigenvalue weighted by molar-refractivity contribution is 6.07. The van der Waals surface area contributed by atoms with Crippen LogP contribution in [-0.2, 0) is 51.3 Å². The predicted molar refractivity (Wildman–Crippen MR) is 392 cm³/mol. The van der Waals surface area contributed by atoms with Gasteiger partial charge in [-0.3, -0.25) is 33.6 Å². The molecular weight excluding hydrogens is 1350 g/mol. The first-order valence-corrected chi connectivity index (χ1v) is 35.4. The number of amides is 8. The van der Waals surface area contributed by atoms with Crippen LogP contribution in [0, 0.1) is 11.3 Å². The van der Waals surface area contributed by atoms with Crippen LogP contribution in [0.15, 0.2) is 128 Å². The number of rotatable bonds is 29. The number of hydrogen-bond acceptors (Lipinski definition) is 18. The fraction of sp³-hybridized carbons (Fsp3) is 0.392. The minimum atomic E-state index is -1.49. The molecule has 0 radical (unpaired) electrons. The third-order valence-electron chi connectivity index (χ3n) is 19.7. The van der Waals surface area contributed by atoms with Crippen molar-refractivity contribution < 1.29 is 81.4 Å². The van der Waals surface area contributed by atoms with Gasteiger partial charge in [0, 0.05) is 62.9 Å². The lowest BCUT2D eigenvalue weighted by Crippen LogP contribution is -2.54. The molecule has 552 valence electrons. The minimum Gasteiger partial charge on any atom is -0.497 e. The molecule has 26 nitrogen and oxygen atoms in total. The van der Waals surface area contributed by atoms with E-state index in [1.165, 1.54) is 33.3 Å². The first kappa shape index (κ1) is 73.8. The Bertz CT molecular complexity index is 4290. The van der Waals surface area contributed by atoms with Crippen LogP contribution in [0.5, 0.6) is 28.7 Å². The number of carbonyl (C=O) groups is 8. The van der Waals surface area contributed by atoms with E-state index in [0.29, 0.717) is 72.9 Å². The lowest BCUT2D eigenvalue weighted by Gasteiger charge is -2.31. The Morgan fingerprint density at radius 2 is 1.38 bits per heavy atom. The van der Waals surface area contributed by atoms with Crippen LogP contribution in [0.2, 0.25) is 0 Å². The fourth-order valence-corrected chi connectivity index (χ4v) is 13.7. The number of fused-ring (bicyclic) bond motifs is 6. The van der Waals surface area contributed by atoms with E-state index in [1.807, 2.05) is 91.1 Å². The number of nitrogens with one attached hydrogen (secondary N) is 5. The molecule has 1 saturated heterocycles. The third-order valence-corrected chi connectivity index (χ3v) is 19.7. The second kappa shape index (κ2) is 33.2. The van der Waals surface area contributed by atoms with Gasteiger partial charge in [0.1, 0.15) is 31.0 Å². The van der Waals surface area contributed by atoms with Crippen LogP contribution in [0.1, 0.15) is 114 Å². The van der Waals surface area contributed by atoms with Crippen molar-refractivity contribution in [2.75, 3.05) is 101 Å². The van der Waals surface area contributed by atoms with Crippen LogP contribution in [0.3, 0.4) is 0 Å². The molecule has 1 aliphatic carbocycles. The Morgan fingerprint density at radius 1 is 0.686 bits per heavy atom. The molecule has 0 bridgehead atoms. The number of aliphatic hydroxyl groups excluding tert-OH is 1. The fourth-order valence-electron chi connectivity index (χ4n) is 13.7. The molecule has 1 saturated carbocycles. The summed E-state index contributed by atoms with van der Waals surface area (Å²) in [6.07, 6.45) is 6.87. The number of methoxy groups -OCH3 is 3. The molecule has 6 aromatic carbocycles. The molecule has 5 atom stereocenters. The summed E-state index contributed by atoms with van der Waals surface area (Å²) in [5, 5.41) is 26.6. The van der Waals surface area contributed by atoms with E-state index in [1.54, 1.807) is 72.1 Å². The lowest BCUT2D eigenvalue weighted by molar-refractivity contribution is -0.133. The zero-order valence-electron chi connectivity index (χ0n) is 59.7. The summed E-state index contributed by atoms with van der Waals surface area (Å²) in [7, 11) is 4.58. The highest BCUT2D eigenvalue weighted by Crippen LogP contribution is 2.57. The number of nitrogens with zero attached hydrogens (tertiary/aromatic N) is 4. The van der Waals surface area contributed by atoms with Crippen LogP contribution >= 0.6 is 0 Å². The topological polar surface area (TPSA) is 304 Å². The van der Waals surface area contributed by atoms with Gasteiger partial charge in [-0.2, -0.15) is 0 Å². The Balaban J connectivity index is 0.579. The van der Waals surface area contributed by atoms with Crippen LogP contribution in [-0.4, -0.2) is 173 Å². The van der Waals surface area contributed by atoms with E-state index in [2.05, 4.69) is 26.6 Å². The standard InChI is InChI=1S/C79H89N9O17/c1-48(2)72(84-70(90)46-102-35-34-101-33-30-80-69(89)26-27-71(91)86-43-54-14-8-7-12-51(54)18-19-53-13-9-10-15-62(53)86)74(93)82-49(3)73(92)83-56-22-16-50(17-23-56)45-105-78(97)88-63-40-68(66(100-6)38-60(63)76(95)87-47-79(28-29-79)41-64(87)77(88)96)104-32-11-31-103-67-39-61-59(37-65(67)99-5)75(94)85-44-55(36-57(85)42-81-61)52-20-24-58(98-4)25-21-52/h7-10,12-25,37-40,44,48-49,57,64,72,77,81,96H,11,26-36,41-43,45-47H2,1-6H3,(H,80,89)(H,82,93)(H,83,92)(H,84,90)/b19-18-/t49-,57-,64-,72-,77?/m0/s1. The van der Waals surface area contributed by atoms with Gasteiger partial charge in [0.05, 0.1) is 101 Å². The zero-order valence-corrected chi connectivity index (χ0v) is 59.7. The number of carbonyl (C=O) groups excluding carboxylic acids is 8. The van der Waals surface area contributed by atoms with Gasteiger partial charge in [0.15, 0.2) is 29.2 Å². The Morgan fingerprint density at radius 3 is 2.10 bits per heavy atom. The summed E-state index contributed by atoms with van der Waals surface area (Å²) >= 11 is 0. The van der Waals surface area contributed by atoms with Crippen molar-refractivity contribution in [3.63, 3.8) is 0 Å². The van der Waals surface area contributed by atoms with Crippen molar-refractivity contribution in [2.45, 2.75) is 109 Å². The Hall–Kier alpha value is -11.0. The van der Waals surface area contributed by atoms with Gasteiger partial charge in [0.25, 0.3) is 11.8 Å². The van der Waals surface area contributed by atoms with E-state index in [9.17, 15) is 43.5 Å². The average molecular weight is 1440 g/mol. The second-order valence-electron chi connectivity index (χ2n) is 27.3. The van der Waals surface area contributed by atoms with E-state index in [-0.39, 0.29) is 129 Å². The first-order valence-electron chi connectivity index (χ1n) is 35.4. The molecule has 105 heavy (non-hydrogen) atoms. The predicted octanol–water partition coefficient (Wildman–Crippen LogP) is 8.94.